The van der Waals surface area contributed by atoms with Crippen molar-refractivity contribution >= 4 is 52.3 Å². The first-order chi connectivity index (χ1) is 14.1. The van der Waals surface area contributed by atoms with Crippen LogP contribution in [-0.2, 0) is 13.6 Å². The molecular formula is C20H38O3P6. The molecule has 0 aliphatic carbocycles. The molecule has 3 nitrogen and oxygen atoms in total. The van der Waals surface area contributed by atoms with Gasteiger partial charge in [-0.25, -0.2) is 0 Å². The highest BCUT2D eigenvalue weighted by Crippen LogP contribution is 2.54. The molecule has 0 heterocycles. The molecule has 0 fully saturated rings. The minimum Gasteiger partial charge on any atom is -0.358 e. The van der Waals surface area contributed by atoms with Gasteiger partial charge in [-0.05, 0) is 19.3 Å². The second-order valence-corrected chi connectivity index (χ2v) is 13.4. The molecule has 0 radical (unpaired) electrons. The molecule has 0 aliphatic rings. The summed E-state index contributed by atoms with van der Waals surface area (Å²) in [6, 6.07) is 0. The summed E-state index contributed by atoms with van der Waals surface area (Å²) in [4.78, 5) is 0. The van der Waals surface area contributed by atoms with Crippen LogP contribution < -0.4 is 0 Å². The number of unbranched alkanes of at least 4 members (excludes halogenated alkanes) is 1. The molecule has 29 heavy (non-hydrogen) atoms. The van der Waals surface area contributed by atoms with Gasteiger partial charge in [-0.1, -0.05) is 114 Å². The Morgan fingerprint density at radius 3 is 2.07 bits per heavy atom. The summed E-state index contributed by atoms with van der Waals surface area (Å²) in [7, 11) is 10.3. The first-order valence-corrected chi connectivity index (χ1v) is 17.5. The molecule has 0 aliphatic heterocycles. The Bertz CT molecular complexity index is 520. The van der Waals surface area contributed by atoms with Gasteiger partial charge in [0.05, 0.1) is 25.8 Å². The fraction of sp³-hybridized carbons (Fsp3) is 0.500. The lowest BCUT2D eigenvalue weighted by molar-refractivity contribution is 0.276. The number of rotatable bonds is 17. The predicted molar refractivity (Wildman–Crippen MR) is 149 cm³/mol. The third-order valence-corrected chi connectivity index (χ3v) is 6.26. The first-order valence-electron chi connectivity index (χ1n) is 9.85. The van der Waals surface area contributed by atoms with Crippen LogP contribution in [0.3, 0.4) is 0 Å². The Hall–Kier alpha value is 1.16. The SMILES string of the molecule is CCCCC(\C=C/C=C/C=C/C(C/C=C\C=C\C(CC)OP(P)P)OPP)OP. The topological polar surface area (TPSA) is 27.7 Å². The molecule has 0 amide bonds. The highest BCUT2D eigenvalue weighted by atomic mass is 32.4. The van der Waals surface area contributed by atoms with Crippen molar-refractivity contribution in [1.82, 2.24) is 0 Å². The molecule has 0 N–H and O–H groups in total. The van der Waals surface area contributed by atoms with Crippen LogP contribution in [0, 0.1) is 0 Å². The largest absolute Gasteiger partial charge is 0.358 e. The lowest BCUT2D eigenvalue weighted by atomic mass is 10.1. The van der Waals surface area contributed by atoms with Crippen molar-refractivity contribution in [3.63, 3.8) is 0 Å². The highest BCUT2D eigenvalue weighted by molar-refractivity contribution is 8.41. The van der Waals surface area contributed by atoms with E-state index < -0.39 is 7.53 Å². The second-order valence-electron chi connectivity index (χ2n) is 6.21. The summed E-state index contributed by atoms with van der Waals surface area (Å²) in [5.41, 5.74) is 0. The molecule has 0 aromatic rings. The van der Waals surface area contributed by atoms with Crippen LogP contribution in [0.15, 0.2) is 60.8 Å². The van der Waals surface area contributed by atoms with Crippen LogP contribution in [0.25, 0.3) is 0 Å². The average molecular weight is 512 g/mol. The number of allylic oxidation sites excluding steroid dienone is 6. The third-order valence-electron chi connectivity index (χ3n) is 3.82. The fourth-order valence-corrected chi connectivity index (χ4v) is 4.83. The summed E-state index contributed by atoms with van der Waals surface area (Å²) in [6.07, 6.45) is 26.3. The summed E-state index contributed by atoms with van der Waals surface area (Å²) in [5.74, 6) is 0. The summed E-state index contributed by atoms with van der Waals surface area (Å²) >= 11 is 0. The lowest BCUT2D eigenvalue weighted by Crippen LogP contribution is -2.02. The molecular weight excluding hydrogens is 474 g/mol. The van der Waals surface area contributed by atoms with Crippen LogP contribution in [0.1, 0.15) is 46.0 Å². The summed E-state index contributed by atoms with van der Waals surface area (Å²) < 4.78 is 16.9. The van der Waals surface area contributed by atoms with E-state index >= 15 is 0 Å². The van der Waals surface area contributed by atoms with Crippen LogP contribution in [0.5, 0.6) is 0 Å². The van der Waals surface area contributed by atoms with Crippen molar-refractivity contribution in [2.24, 2.45) is 0 Å². The van der Waals surface area contributed by atoms with E-state index in [0.717, 1.165) is 19.3 Å². The van der Waals surface area contributed by atoms with Gasteiger partial charge in [-0.15, -0.1) is 0 Å². The molecule has 8 atom stereocenters. The van der Waals surface area contributed by atoms with E-state index in [-0.39, 0.29) is 18.3 Å². The van der Waals surface area contributed by atoms with Crippen molar-refractivity contribution in [2.45, 2.75) is 64.3 Å². The van der Waals surface area contributed by atoms with Gasteiger partial charge < -0.3 is 13.6 Å². The van der Waals surface area contributed by atoms with Gasteiger partial charge in [-0.3, -0.25) is 0 Å². The van der Waals surface area contributed by atoms with Crippen LogP contribution >= 0.6 is 52.3 Å². The lowest BCUT2D eigenvalue weighted by Gasteiger charge is -2.13. The Morgan fingerprint density at radius 1 is 0.897 bits per heavy atom. The average Bonchev–Trinajstić information content (AvgIpc) is 2.71. The molecule has 0 aromatic carbocycles. The zero-order valence-electron chi connectivity index (χ0n) is 17.5. The minimum atomic E-state index is -0.497. The van der Waals surface area contributed by atoms with Crippen LogP contribution in [0.2, 0.25) is 0 Å². The van der Waals surface area contributed by atoms with Gasteiger partial charge >= 0.3 is 0 Å². The maximum atomic E-state index is 5.80. The van der Waals surface area contributed by atoms with E-state index in [9.17, 15) is 0 Å². The smallest absolute Gasteiger partial charge is 0.0836 e. The molecule has 0 aromatic heterocycles. The Kier molecular flexibility index (Phi) is 23.3. The quantitative estimate of drug-likeness (QED) is 0.146. The predicted octanol–water partition coefficient (Wildman–Crippen LogP) is 8.06. The van der Waals surface area contributed by atoms with Crippen LogP contribution in [-0.4, -0.2) is 18.3 Å². The Labute approximate surface area is 190 Å². The standard InChI is InChI=1S/C20H38O3P6/c1-3-5-13-19(21-24)15-9-6-7-10-16-20(22-28-25)17-12-8-11-14-18(4-2)23-29(26)27/h6-12,14-16,18-20,28H,3-5,13,17,24-27H2,1-2H3/b7-6+,12-8-,14-11+,15-9-,16-10+. The van der Waals surface area contributed by atoms with E-state index in [0.29, 0.717) is 8.50 Å². The molecule has 8 unspecified atom stereocenters. The van der Waals surface area contributed by atoms with E-state index in [1.807, 2.05) is 24.3 Å². The monoisotopic (exact) mass is 512 g/mol. The molecule has 0 saturated heterocycles. The van der Waals surface area contributed by atoms with Gasteiger partial charge in [0.25, 0.3) is 0 Å². The van der Waals surface area contributed by atoms with Gasteiger partial charge in [-0.2, -0.15) is 0 Å². The van der Waals surface area contributed by atoms with Crippen molar-refractivity contribution in [3.8, 4) is 0 Å². The normalized spacial score (nSPS) is 16.8. The summed E-state index contributed by atoms with van der Waals surface area (Å²) in [6.45, 7) is 4.32. The van der Waals surface area contributed by atoms with Gasteiger partial charge in [0.15, 0.2) is 0 Å². The zero-order chi connectivity index (χ0) is 21.7. The molecule has 9 heteroatoms. The molecule has 0 spiro atoms. The summed E-state index contributed by atoms with van der Waals surface area (Å²) in [5, 5.41) is 0. The van der Waals surface area contributed by atoms with E-state index in [4.69, 9.17) is 13.6 Å². The molecule has 166 valence electrons. The maximum absolute atomic E-state index is 5.80. The molecule has 0 bridgehead atoms. The molecule has 0 rings (SSSR count). The second kappa shape index (κ2) is 22.4. The highest BCUT2D eigenvalue weighted by Gasteiger charge is 2.04. The van der Waals surface area contributed by atoms with Gasteiger partial charge in [0, 0.05) is 18.0 Å². The molecule has 0 saturated carbocycles. The maximum Gasteiger partial charge on any atom is 0.0836 e. The van der Waals surface area contributed by atoms with E-state index in [1.54, 1.807) is 0 Å². The Balaban J connectivity index is 4.45. The third kappa shape index (κ3) is 19.6. The van der Waals surface area contributed by atoms with Crippen LogP contribution in [0.4, 0.5) is 0 Å². The Morgan fingerprint density at radius 2 is 1.52 bits per heavy atom. The fourth-order valence-electron chi connectivity index (χ4n) is 2.25. The van der Waals surface area contributed by atoms with Crippen molar-refractivity contribution in [2.75, 3.05) is 0 Å². The first kappa shape index (κ1) is 30.2. The number of hydrogen-bond acceptors (Lipinski definition) is 3. The van der Waals surface area contributed by atoms with E-state index in [1.165, 1.54) is 12.8 Å². The van der Waals surface area contributed by atoms with Gasteiger partial charge in [0.2, 0.25) is 0 Å². The van der Waals surface area contributed by atoms with E-state index in [2.05, 4.69) is 86.6 Å². The zero-order valence-corrected chi connectivity index (χ0v) is 24.0. The van der Waals surface area contributed by atoms with Crippen molar-refractivity contribution in [1.29, 1.82) is 0 Å². The number of hydrogen-bond donors (Lipinski definition) is 0. The van der Waals surface area contributed by atoms with Crippen molar-refractivity contribution < 1.29 is 13.6 Å². The minimum absolute atomic E-state index is 0.0712. The van der Waals surface area contributed by atoms with Crippen molar-refractivity contribution in [3.05, 3.63) is 60.8 Å². The van der Waals surface area contributed by atoms with Gasteiger partial charge in [0.1, 0.15) is 0 Å².